The molecular formula is C24H40N4O4. The minimum Gasteiger partial charge on any atom is -0.483 e. The fourth-order valence-corrected chi connectivity index (χ4v) is 5.43. The Morgan fingerprint density at radius 1 is 1.22 bits per heavy atom. The van der Waals surface area contributed by atoms with Crippen molar-refractivity contribution in [3.63, 3.8) is 0 Å². The summed E-state index contributed by atoms with van der Waals surface area (Å²) in [6.07, 6.45) is 6.63. The number of amides is 1. The Morgan fingerprint density at radius 2 is 1.84 bits per heavy atom. The highest BCUT2D eigenvalue weighted by Gasteiger charge is 2.44. The Bertz CT molecular complexity index is 789. The molecule has 3 aliphatic rings. The van der Waals surface area contributed by atoms with Crippen LogP contribution in [0.1, 0.15) is 49.1 Å². The van der Waals surface area contributed by atoms with Crippen molar-refractivity contribution in [3.05, 3.63) is 17.0 Å². The van der Waals surface area contributed by atoms with Crippen molar-refractivity contribution in [2.24, 2.45) is 24.8 Å². The lowest BCUT2D eigenvalue weighted by Crippen LogP contribution is -2.48. The molecule has 180 valence electrons. The molecule has 3 fully saturated rings. The van der Waals surface area contributed by atoms with Crippen LogP contribution in [0, 0.1) is 31.6 Å². The molecule has 0 bridgehead atoms. The van der Waals surface area contributed by atoms with E-state index in [2.05, 4.69) is 35.9 Å². The summed E-state index contributed by atoms with van der Waals surface area (Å²) in [5.41, 5.74) is 3.46. The molecule has 2 heterocycles. The van der Waals surface area contributed by atoms with Gasteiger partial charge in [0.25, 0.3) is 6.47 Å². The average molecular weight is 449 g/mol. The number of carboxylic acid groups (broad SMARTS) is 1. The standard InChI is InChI=1S/C23H38N4O2.CH2O2/c1-15-20(16(2)26(5)24-15)8-9-23(28)27-12-18-10-21(25(3)4)22(11-19(18)13-27)29-14-17-6-7-17;2-1-3/h17-19,21-22H,6-14H2,1-5H3;1H,(H,2,3)/t18-,19+,21-,22-;/m1./s1. The van der Waals surface area contributed by atoms with Crippen molar-refractivity contribution >= 4 is 12.4 Å². The summed E-state index contributed by atoms with van der Waals surface area (Å²) in [6, 6.07) is 0.478. The summed E-state index contributed by atoms with van der Waals surface area (Å²) in [5.74, 6) is 2.32. The van der Waals surface area contributed by atoms with Gasteiger partial charge in [-0.2, -0.15) is 5.10 Å². The molecule has 1 aromatic heterocycles. The lowest BCUT2D eigenvalue weighted by molar-refractivity contribution is -0.130. The van der Waals surface area contributed by atoms with Crippen molar-refractivity contribution in [3.8, 4) is 0 Å². The Kier molecular flexibility index (Phi) is 8.33. The number of likely N-dealkylation sites (tertiary alicyclic amines) is 1. The molecule has 0 unspecified atom stereocenters. The highest BCUT2D eigenvalue weighted by atomic mass is 16.5. The fraction of sp³-hybridized carbons (Fsp3) is 0.792. The first-order valence-electron chi connectivity index (χ1n) is 11.9. The zero-order valence-electron chi connectivity index (χ0n) is 20.3. The van der Waals surface area contributed by atoms with Crippen LogP contribution < -0.4 is 0 Å². The number of fused-ring (bicyclic) bond motifs is 1. The number of rotatable bonds is 7. The Labute approximate surface area is 191 Å². The zero-order chi connectivity index (χ0) is 23.4. The van der Waals surface area contributed by atoms with Crippen molar-refractivity contribution in [2.75, 3.05) is 33.8 Å². The maximum absolute atomic E-state index is 13.0. The summed E-state index contributed by atoms with van der Waals surface area (Å²) in [6.45, 7) is 6.65. The van der Waals surface area contributed by atoms with E-state index in [1.165, 1.54) is 24.1 Å². The molecule has 0 spiro atoms. The molecule has 8 heteroatoms. The van der Waals surface area contributed by atoms with E-state index in [0.717, 1.165) is 50.6 Å². The molecule has 8 nitrogen and oxygen atoms in total. The van der Waals surface area contributed by atoms with Crippen LogP contribution in [-0.4, -0.2) is 83.0 Å². The number of nitrogens with zero attached hydrogens (tertiary/aromatic N) is 4. The lowest BCUT2D eigenvalue weighted by atomic mass is 9.77. The Balaban J connectivity index is 0.000000913. The molecule has 4 rings (SSSR count). The second-order valence-corrected chi connectivity index (χ2v) is 10.0. The van der Waals surface area contributed by atoms with Crippen molar-refractivity contribution in [2.45, 2.75) is 64.5 Å². The van der Waals surface area contributed by atoms with Gasteiger partial charge in [-0.05, 0) is 83.4 Å². The monoisotopic (exact) mass is 448 g/mol. The van der Waals surface area contributed by atoms with Crippen LogP contribution in [0.5, 0.6) is 0 Å². The second kappa shape index (κ2) is 10.8. The summed E-state index contributed by atoms with van der Waals surface area (Å²) < 4.78 is 8.28. The van der Waals surface area contributed by atoms with Gasteiger partial charge in [0.05, 0.1) is 11.8 Å². The number of hydrogen-bond acceptors (Lipinski definition) is 5. The maximum atomic E-state index is 13.0. The van der Waals surface area contributed by atoms with Crippen LogP contribution in [0.2, 0.25) is 0 Å². The molecule has 32 heavy (non-hydrogen) atoms. The molecule has 1 aromatic rings. The number of aromatic nitrogens is 2. The lowest BCUT2D eigenvalue weighted by Gasteiger charge is -2.41. The highest BCUT2D eigenvalue weighted by molar-refractivity contribution is 5.77. The van der Waals surface area contributed by atoms with E-state index < -0.39 is 0 Å². The molecule has 0 aromatic carbocycles. The van der Waals surface area contributed by atoms with E-state index in [1.54, 1.807) is 0 Å². The van der Waals surface area contributed by atoms with E-state index in [-0.39, 0.29) is 6.47 Å². The molecule has 1 saturated heterocycles. The topological polar surface area (TPSA) is 87.9 Å². The number of likely N-dealkylation sites (N-methyl/N-ethyl adjacent to an activating group) is 1. The predicted octanol–water partition coefficient (Wildman–Crippen LogP) is 2.26. The summed E-state index contributed by atoms with van der Waals surface area (Å²) in [4.78, 5) is 25.8. The Hall–Kier alpha value is -1.93. The van der Waals surface area contributed by atoms with E-state index in [9.17, 15) is 4.79 Å². The van der Waals surface area contributed by atoms with E-state index in [4.69, 9.17) is 14.6 Å². The molecular weight excluding hydrogens is 408 g/mol. The first kappa shape index (κ1) is 24.7. The highest BCUT2D eigenvalue weighted by Crippen LogP contribution is 2.40. The minimum absolute atomic E-state index is 0.250. The van der Waals surface area contributed by atoms with Crippen LogP contribution in [-0.2, 0) is 27.8 Å². The first-order chi connectivity index (χ1) is 15.2. The molecule has 1 amide bonds. The van der Waals surface area contributed by atoms with Crippen molar-refractivity contribution in [1.29, 1.82) is 0 Å². The minimum atomic E-state index is -0.250. The smallest absolute Gasteiger partial charge is 0.290 e. The molecule has 4 atom stereocenters. The van der Waals surface area contributed by atoms with Gasteiger partial charge in [0.15, 0.2) is 0 Å². The van der Waals surface area contributed by atoms with Crippen LogP contribution in [0.25, 0.3) is 0 Å². The van der Waals surface area contributed by atoms with Gasteiger partial charge in [0, 0.05) is 44.9 Å². The van der Waals surface area contributed by atoms with Gasteiger partial charge in [0.1, 0.15) is 0 Å². The number of carbonyl (C=O) groups is 2. The van der Waals surface area contributed by atoms with Gasteiger partial charge in [-0.1, -0.05) is 0 Å². The van der Waals surface area contributed by atoms with E-state index >= 15 is 0 Å². The van der Waals surface area contributed by atoms with Gasteiger partial charge in [0.2, 0.25) is 5.91 Å². The molecule has 1 N–H and O–H groups in total. The van der Waals surface area contributed by atoms with Gasteiger partial charge in [-0.25, -0.2) is 0 Å². The summed E-state index contributed by atoms with van der Waals surface area (Å²) >= 11 is 0. The average Bonchev–Trinajstić information content (AvgIpc) is 3.42. The molecule has 0 radical (unpaired) electrons. The third-order valence-corrected chi connectivity index (χ3v) is 7.59. The van der Waals surface area contributed by atoms with Crippen LogP contribution in [0.3, 0.4) is 0 Å². The van der Waals surface area contributed by atoms with Crippen molar-refractivity contribution < 1.29 is 19.4 Å². The second-order valence-electron chi connectivity index (χ2n) is 10.0. The van der Waals surface area contributed by atoms with Crippen molar-refractivity contribution in [1.82, 2.24) is 19.6 Å². The van der Waals surface area contributed by atoms with Crippen LogP contribution in [0.4, 0.5) is 0 Å². The molecule has 2 saturated carbocycles. The maximum Gasteiger partial charge on any atom is 0.290 e. The number of aryl methyl sites for hydroxylation is 2. The quantitative estimate of drug-likeness (QED) is 0.644. The van der Waals surface area contributed by atoms with Gasteiger partial charge in [-0.15, -0.1) is 0 Å². The third kappa shape index (κ3) is 5.90. The largest absolute Gasteiger partial charge is 0.483 e. The van der Waals surface area contributed by atoms with Gasteiger partial charge >= 0.3 is 0 Å². The zero-order valence-corrected chi connectivity index (χ0v) is 20.3. The van der Waals surface area contributed by atoms with E-state index in [0.29, 0.717) is 36.3 Å². The Morgan fingerprint density at radius 3 is 2.38 bits per heavy atom. The van der Waals surface area contributed by atoms with E-state index in [1.807, 2.05) is 18.7 Å². The summed E-state index contributed by atoms with van der Waals surface area (Å²) in [7, 11) is 6.32. The number of ether oxygens (including phenoxy) is 1. The fourth-order valence-electron chi connectivity index (χ4n) is 5.43. The number of carbonyl (C=O) groups excluding carboxylic acids is 1. The number of hydrogen-bond donors (Lipinski definition) is 1. The van der Waals surface area contributed by atoms with Gasteiger partial charge in [-0.3, -0.25) is 14.3 Å². The van der Waals surface area contributed by atoms with Crippen LogP contribution >= 0.6 is 0 Å². The SMILES string of the molecule is Cc1nn(C)c(C)c1CCC(=O)N1C[C@H]2C[C@@H](N(C)C)[C@H](OCC3CC3)C[C@H]2C1.O=CO. The molecule has 2 aliphatic carbocycles. The normalized spacial score (nSPS) is 27.1. The van der Waals surface area contributed by atoms with Gasteiger partial charge < -0.3 is 19.6 Å². The first-order valence-corrected chi connectivity index (χ1v) is 11.9. The summed E-state index contributed by atoms with van der Waals surface area (Å²) in [5, 5.41) is 11.4. The predicted molar refractivity (Wildman–Crippen MR) is 122 cm³/mol. The van der Waals surface area contributed by atoms with Crippen LogP contribution in [0.15, 0.2) is 0 Å². The molecule has 1 aliphatic heterocycles. The third-order valence-electron chi connectivity index (χ3n) is 7.59.